The Bertz CT molecular complexity index is 333. The Balaban J connectivity index is 2.50. The minimum atomic E-state index is -1.14. The summed E-state index contributed by atoms with van der Waals surface area (Å²) in [6.07, 6.45) is 0. The molecule has 3 amide bonds. The summed E-state index contributed by atoms with van der Waals surface area (Å²) in [7, 11) is 0. The zero-order valence-corrected chi connectivity index (χ0v) is 10.1. The summed E-state index contributed by atoms with van der Waals surface area (Å²) in [5, 5.41) is 13.9. The number of carboxylic acid groups (broad SMARTS) is 1. The quantitative estimate of drug-likeness (QED) is 0.527. The van der Waals surface area contributed by atoms with Gasteiger partial charge in [-0.05, 0) is 6.92 Å². The molecule has 1 heterocycles. The van der Waals surface area contributed by atoms with Crippen LogP contribution in [-0.2, 0) is 14.3 Å². The van der Waals surface area contributed by atoms with Crippen molar-refractivity contribution in [1.82, 2.24) is 15.5 Å². The molecule has 0 aromatic carbocycles. The summed E-state index contributed by atoms with van der Waals surface area (Å²) < 4.78 is 5.04. The molecule has 0 aromatic heterocycles. The van der Waals surface area contributed by atoms with Crippen LogP contribution in [0.5, 0.6) is 0 Å². The van der Waals surface area contributed by atoms with Crippen LogP contribution in [0.4, 0.5) is 4.79 Å². The van der Waals surface area contributed by atoms with Crippen molar-refractivity contribution in [2.45, 2.75) is 13.0 Å². The lowest BCUT2D eigenvalue weighted by atomic mass is 10.2. The van der Waals surface area contributed by atoms with Crippen LogP contribution in [0.15, 0.2) is 0 Å². The number of nitrogens with zero attached hydrogens (tertiary/aromatic N) is 1. The third-order valence-corrected chi connectivity index (χ3v) is 2.46. The van der Waals surface area contributed by atoms with Crippen LogP contribution in [0.2, 0.25) is 0 Å². The first kappa shape index (κ1) is 14.2. The van der Waals surface area contributed by atoms with E-state index >= 15 is 0 Å². The first-order valence-electron chi connectivity index (χ1n) is 5.68. The highest BCUT2D eigenvalue weighted by Crippen LogP contribution is 2.04. The average molecular weight is 259 g/mol. The van der Waals surface area contributed by atoms with E-state index in [-0.39, 0.29) is 25.5 Å². The lowest BCUT2D eigenvalue weighted by molar-refractivity contribution is -0.144. The van der Waals surface area contributed by atoms with E-state index in [1.54, 1.807) is 0 Å². The highest BCUT2D eigenvalue weighted by atomic mass is 16.5. The van der Waals surface area contributed by atoms with Crippen LogP contribution in [0.25, 0.3) is 0 Å². The van der Waals surface area contributed by atoms with E-state index in [1.165, 1.54) is 0 Å². The minimum absolute atomic E-state index is 0.0763. The molecule has 1 aliphatic rings. The maximum absolute atomic E-state index is 11.7. The molecule has 0 bridgehead atoms. The largest absolute Gasteiger partial charge is 0.480 e. The molecule has 0 aliphatic carbocycles. The van der Waals surface area contributed by atoms with Gasteiger partial charge < -0.3 is 20.5 Å². The van der Waals surface area contributed by atoms with Gasteiger partial charge in [-0.25, -0.2) is 9.59 Å². The van der Waals surface area contributed by atoms with Crippen molar-refractivity contribution in [1.29, 1.82) is 0 Å². The molecule has 1 saturated heterocycles. The number of ether oxygens (including phenoxy) is 1. The molecule has 102 valence electrons. The molecule has 1 unspecified atom stereocenters. The van der Waals surface area contributed by atoms with E-state index in [1.807, 2.05) is 6.92 Å². The summed E-state index contributed by atoms with van der Waals surface area (Å²) in [5.41, 5.74) is 0. The number of aliphatic carboxylic acids is 1. The summed E-state index contributed by atoms with van der Waals surface area (Å²) in [5.74, 6) is -1.51. The topological polar surface area (TPSA) is 108 Å². The van der Waals surface area contributed by atoms with Gasteiger partial charge in [0, 0.05) is 19.7 Å². The van der Waals surface area contributed by atoms with Crippen molar-refractivity contribution in [2.24, 2.45) is 0 Å². The SMILES string of the molecule is CCOCCNC(=O)N1CC(=O)NCC1C(=O)O. The normalized spacial score (nSPS) is 19.3. The fourth-order valence-corrected chi connectivity index (χ4v) is 1.55. The van der Waals surface area contributed by atoms with Gasteiger partial charge in [0.15, 0.2) is 0 Å². The Kier molecular flexibility index (Phi) is 5.37. The van der Waals surface area contributed by atoms with E-state index in [2.05, 4.69) is 10.6 Å². The monoisotopic (exact) mass is 259 g/mol. The molecule has 8 nitrogen and oxygen atoms in total. The van der Waals surface area contributed by atoms with E-state index < -0.39 is 18.0 Å². The van der Waals surface area contributed by atoms with Crippen molar-refractivity contribution in [3.63, 3.8) is 0 Å². The number of piperazine rings is 1. The third kappa shape index (κ3) is 3.88. The number of carbonyl (C=O) groups excluding carboxylic acids is 2. The average Bonchev–Trinajstić information content (AvgIpc) is 2.34. The molecule has 0 spiro atoms. The number of hydrogen-bond donors (Lipinski definition) is 3. The standard InChI is InChI=1S/C10H17N3O5/c1-2-18-4-3-11-10(17)13-6-8(14)12-5-7(13)9(15)16/h7H,2-6H2,1H3,(H,11,17)(H,12,14)(H,15,16). The zero-order chi connectivity index (χ0) is 13.5. The number of carboxylic acids is 1. The highest BCUT2D eigenvalue weighted by Gasteiger charge is 2.34. The van der Waals surface area contributed by atoms with Crippen molar-refractivity contribution >= 4 is 17.9 Å². The summed E-state index contributed by atoms with van der Waals surface area (Å²) in [4.78, 5) is 34.9. The van der Waals surface area contributed by atoms with Crippen LogP contribution in [0, 0.1) is 0 Å². The van der Waals surface area contributed by atoms with Crippen molar-refractivity contribution in [3.8, 4) is 0 Å². The Hall–Kier alpha value is -1.83. The van der Waals surface area contributed by atoms with E-state index in [0.29, 0.717) is 13.2 Å². The van der Waals surface area contributed by atoms with Gasteiger partial charge in [0.05, 0.1) is 6.61 Å². The fourth-order valence-electron chi connectivity index (χ4n) is 1.55. The molecule has 3 N–H and O–H groups in total. The van der Waals surface area contributed by atoms with Crippen LogP contribution >= 0.6 is 0 Å². The molecule has 1 rings (SSSR count). The molecule has 1 fully saturated rings. The van der Waals surface area contributed by atoms with Gasteiger partial charge in [0.2, 0.25) is 5.91 Å². The molecule has 18 heavy (non-hydrogen) atoms. The number of carbonyl (C=O) groups is 3. The van der Waals surface area contributed by atoms with Crippen molar-refractivity contribution in [3.05, 3.63) is 0 Å². The predicted molar refractivity (Wildman–Crippen MR) is 61.0 cm³/mol. The fraction of sp³-hybridized carbons (Fsp3) is 0.700. The second-order valence-corrected chi connectivity index (χ2v) is 3.71. The molecule has 1 atom stereocenters. The van der Waals surface area contributed by atoms with Gasteiger partial charge in [0.1, 0.15) is 12.6 Å². The third-order valence-electron chi connectivity index (χ3n) is 2.46. The highest BCUT2D eigenvalue weighted by molar-refractivity contribution is 5.90. The Labute approximate surface area is 104 Å². The maximum atomic E-state index is 11.7. The Morgan fingerprint density at radius 2 is 2.33 bits per heavy atom. The van der Waals surface area contributed by atoms with Crippen molar-refractivity contribution in [2.75, 3.05) is 32.8 Å². The first-order chi connectivity index (χ1) is 8.56. The Morgan fingerprint density at radius 1 is 1.61 bits per heavy atom. The van der Waals surface area contributed by atoms with Crippen molar-refractivity contribution < 1.29 is 24.2 Å². The molecular formula is C10H17N3O5. The second-order valence-electron chi connectivity index (χ2n) is 3.71. The predicted octanol–water partition coefficient (Wildman–Crippen LogP) is -1.38. The minimum Gasteiger partial charge on any atom is -0.480 e. The van der Waals surface area contributed by atoms with Gasteiger partial charge in [-0.1, -0.05) is 0 Å². The summed E-state index contributed by atoms with van der Waals surface area (Å²) in [6, 6.07) is -1.60. The zero-order valence-electron chi connectivity index (χ0n) is 10.1. The van der Waals surface area contributed by atoms with Gasteiger partial charge in [-0.3, -0.25) is 9.69 Å². The maximum Gasteiger partial charge on any atom is 0.328 e. The van der Waals surface area contributed by atoms with Gasteiger partial charge in [0.25, 0.3) is 0 Å². The van der Waals surface area contributed by atoms with Crippen LogP contribution in [-0.4, -0.2) is 66.8 Å². The molecule has 0 aromatic rings. The van der Waals surface area contributed by atoms with Crippen LogP contribution < -0.4 is 10.6 Å². The number of nitrogens with one attached hydrogen (secondary N) is 2. The molecule has 0 radical (unpaired) electrons. The number of urea groups is 1. The lowest BCUT2D eigenvalue weighted by Gasteiger charge is -2.32. The molecule has 0 saturated carbocycles. The Morgan fingerprint density at radius 3 is 2.94 bits per heavy atom. The number of hydrogen-bond acceptors (Lipinski definition) is 4. The second kappa shape index (κ2) is 6.80. The molecular weight excluding hydrogens is 242 g/mol. The van der Waals surface area contributed by atoms with Gasteiger partial charge in [-0.2, -0.15) is 0 Å². The van der Waals surface area contributed by atoms with E-state index in [0.717, 1.165) is 4.90 Å². The van der Waals surface area contributed by atoms with Gasteiger partial charge in [-0.15, -0.1) is 0 Å². The molecule has 1 aliphatic heterocycles. The molecule has 8 heteroatoms. The van der Waals surface area contributed by atoms with Crippen LogP contribution in [0.1, 0.15) is 6.92 Å². The smallest absolute Gasteiger partial charge is 0.328 e. The van der Waals surface area contributed by atoms with Crippen LogP contribution in [0.3, 0.4) is 0 Å². The number of amides is 3. The first-order valence-corrected chi connectivity index (χ1v) is 5.68. The van der Waals surface area contributed by atoms with E-state index in [9.17, 15) is 14.4 Å². The summed E-state index contributed by atoms with van der Waals surface area (Å²) >= 11 is 0. The summed E-state index contributed by atoms with van der Waals surface area (Å²) in [6.45, 7) is 2.67. The van der Waals surface area contributed by atoms with E-state index in [4.69, 9.17) is 9.84 Å². The lowest BCUT2D eigenvalue weighted by Crippen LogP contribution is -2.61. The van der Waals surface area contributed by atoms with Gasteiger partial charge >= 0.3 is 12.0 Å². The number of rotatable bonds is 5.